The Hall–Kier alpha value is -2.38. The van der Waals surface area contributed by atoms with E-state index in [-0.39, 0.29) is 22.5 Å². The number of thioether (sulfide) groups is 1. The minimum atomic E-state index is -0.535. The zero-order valence-corrected chi connectivity index (χ0v) is 18.0. The third-order valence-corrected chi connectivity index (χ3v) is 6.68. The summed E-state index contributed by atoms with van der Waals surface area (Å²) in [4.78, 5) is 30.7. The van der Waals surface area contributed by atoms with E-state index in [9.17, 15) is 14.0 Å². The van der Waals surface area contributed by atoms with Gasteiger partial charge >= 0.3 is 0 Å². The molecule has 4 rings (SSSR count). The Kier molecular flexibility index (Phi) is 6.11. The van der Waals surface area contributed by atoms with Crippen molar-refractivity contribution in [2.75, 3.05) is 5.32 Å². The van der Waals surface area contributed by atoms with Gasteiger partial charge in [-0.1, -0.05) is 48.3 Å². The number of hydrogen-bond donors (Lipinski definition) is 1. The molecule has 30 heavy (non-hydrogen) atoms. The Morgan fingerprint density at radius 3 is 2.73 bits per heavy atom. The van der Waals surface area contributed by atoms with Crippen molar-refractivity contribution in [3.63, 3.8) is 0 Å². The first-order chi connectivity index (χ1) is 14.4. The van der Waals surface area contributed by atoms with Gasteiger partial charge in [-0.15, -0.1) is 0 Å². The fourth-order valence-corrected chi connectivity index (χ4v) is 4.92. The van der Waals surface area contributed by atoms with E-state index in [4.69, 9.17) is 16.6 Å². The number of hydrogen-bond acceptors (Lipinski definition) is 4. The molecule has 0 bridgehead atoms. The van der Waals surface area contributed by atoms with Crippen LogP contribution in [-0.4, -0.2) is 20.7 Å². The van der Waals surface area contributed by atoms with Gasteiger partial charge in [0.25, 0.3) is 5.56 Å². The highest BCUT2D eigenvalue weighted by Gasteiger charge is 2.25. The molecule has 8 heteroatoms. The van der Waals surface area contributed by atoms with E-state index in [0.29, 0.717) is 21.7 Å². The Labute approximate surface area is 182 Å². The van der Waals surface area contributed by atoms with Crippen molar-refractivity contribution >= 4 is 45.9 Å². The van der Waals surface area contributed by atoms with Crippen LogP contribution < -0.4 is 10.9 Å². The van der Waals surface area contributed by atoms with Gasteiger partial charge in [-0.05, 0) is 50.1 Å². The van der Waals surface area contributed by atoms with E-state index < -0.39 is 11.1 Å². The minimum absolute atomic E-state index is 0.0656. The van der Waals surface area contributed by atoms with E-state index in [1.54, 1.807) is 17.6 Å². The third kappa shape index (κ3) is 4.23. The highest BCUT2D eigenvalue weighted by molar-refractivity contribution is 8.00. The largest absolute Gasteiger partial charge is 0.324 e. The standard InChI is InChI=1S/C22H21ClFN3O2S/c1-13(20(28)25-19-11-10-14(24)12-17(19)23)30-22-26-18-9-5-4-8-16(18)21(29)27(22)15-6-2-3-7-15/h4-5,8-13,15H,2-3,6-7H2,1H3,(H,25,28). The number of fused-ring (bicyclic) bond motifs is 1. The fourth-order valence-electron chi connectivity index (χ4n) is 3.73. The third-order valence-electron chi connectivity index (χ3n) is 5.31. The predicted molar refractivity (Wildman–Crippen MR) is 119 cm³/mol. The van der Waals surface area contributed by atoms with E-state index >= 15 is 0 Å². The molecule has 0 spiro atoms. The highest BCUT2D eigenvalue weighted by Crippen LogP contribution is 2.33. The maximum absolute atomic E-state index is 13.2. The molecule has 1 atom stereocenters. The fraction of sp³-hybridized carbons (Fsp3) is 0.318. The maximum Gasteiger partial charge on any atom is 0.262 e. The lowest BCUT2D eigenvalue weighted by Gasteiger charge is -2.20. The molecular formula is C22H21ClFN3O2S. The number of benzene rings is 2. The van der Waals surface area contributed by atoms with Crippen molar-refractivity contribution in [3.8, 4) is 0 Å². The SMILES string of the molecule is CC(Sc1nc2ccccc2c(=O)n1C1CCCC1)C(=O)Nc1ccc(F)cc1Cl. The Morgan fingerprint density at radius 1 is 1.27 bits per heavy atom. The van der Waals surface area contributed by atoms with Gasteiger partial charge in [0.2, 0.25) is 5.91 Å². The lowest BCUT2D eigenvalue weighted by atomic mass is 10.2. The molecule has 1 amide bonds. The first kappa shape index (κ1) is 20.9. The average Bonchev–Trinajstić information content (AvgIpc) is 3.24. The first-order valence-electron chi connectivity index (χ1n) is 9.88. The van der Waals surface area contributed by atoms with Crippen LogP contribution in [-0.2, 0) is 4.79 Å². The molecule has 1 fully saturated rings. The van der Waals surface area contributed by atoms with Gasteiger partial charge < -0.3 is 5.32 Å². The quantitative estimate of drug-likeness (QED) is 0.420. The molecule has 1 aliphatic rings. The molecule has 5 nitrogen and oxygen atoms in total. The molecule has 3 aromatic rings. The summed E-state index contributed by atoms with van der Waals surface area (Å²) in [6.07, 6.45) is 4.01. The minimum Gasteiger partial charge on any atom is -0.324 e. The lowest BCUT2D eigenvalue weighted by molar-refractivity contribution is -0.115. The zero-order valence-electron chi connectivity index (χ0n) is 16.4. The molecule has 1 aliphatic carbocycles. The summed E-state index contributed by atoms with van der Waals surface area (Å²) in [6, 6.07) is 11.2. The van der Waals surface area contributed by atoms with Gasteiger partial charge in [0.1, 0.15) is 5.82 Å². The van der Waals surface area contributed by atoms with E-state index in [2.05, 4.69) is 5.32 Å². The molecule has 1 N–H and O–H groups in total. The number of para-hydroxylation sites is 1. The van der Waals surface area contributed by atoms with Crippen LogP contribution in [0.2, 0.25) is 5.02 Å². The molecule has 1 heterocycles. The second-order valence-electron chi connectivity index (χ2n) is 7.40. The van der Waals surface area contributed by atoms with Crippen LogP contribution in [0.15, 0.2) is 52.4 Å². The molecule has 1 unspecified atom stereocenters. The summed E-state index contributed by atoms with van der Waals surface area (Å²) in [6.45, 7) is 1.75. The van der Waals surface area contributed by atoms with E-state index in [0.717, 1.165) is 31.7 Å². The average molecular weight is 446 g/mol. The number of nitrogens with one attached hydrogen (secondary N) is 1. The lowest BCUT2D eigenvalue weighted by Crippen LogP contribution is -2.29. The van der Waals surface area contributed by atoms with Gasteiger partial charge in [-0.3, -0.25) is 14.2 Å². The highest BCUT2D eigenvalue weighted by atomic mass is 35.5. The van der Waals surface area contributed by atoms with Crippen LogP contribution in [0.3, 0.4) is 0 Å². The molecule has 0 saturated heterocycles. The summed E-state index contributed by atoms with van der Waals surface area (Å²) in [5.41, 5.74) is 0.896. The predicted octanol–water partition coefficient (Wildman–Crippen LogP) is 5.42. The molecule has 0 radical (unpaired) electrons. The summed E-state index contributed by atoms with van der Waals surface area (Å²) < 4.78 is 15.0. The molecular weight excluding hydrogens is 425 g/mol. The van der Waals surface area contributed by atoms with Gasteiger partial charge in [0, 0.05) is 6.04 Å². The van der Waals surface area contributed by atoms with Crippen molar-refractivity contribution in [1.29, 1.82) is 0 Å². The van der Waals surface area contributed by atoms with Gasteiger partial charge in [0.05, 0.1) is 26.9 Å². The number of aromatic nitrogens is 2. The monoisotopic (exact) mass is 445 g/mol. The Morgan fingerprint density at radius 2 is 2.00 bits per heavy atom. The molecule has 2 aromatic carbocycles. The number of halogens is 2. The smallest absolute Gasteiger partial charge is 0.262 e. The normalized spacial score (nSPS) is 15.4. The Balaban J connectivity index is 1.64. The maximum atomic E-state index is 13.2. The molecule has 0 aliphatic heterocycles. The second-order valence-corrected chi connectivity index (χ2v) is 9.11. The van der Waals surface area contributed by atoms with Crippen molar-refractivity contribution in [2.24, 2.45) is 0 Å². The zero-order chi connectivity index (χ0) is 21.3. The topological polar surface area (TPSA) is 64.0 Å². The Bertz CT molecular complexity index is 1160. The second kappa shape index (κ2) is 8.78. The van der Waals surface area contributed by atoms with Crippen molar-refractivity contribution in [2.45, 2.75) is 49.1 Å². The number of carbonyl (C=O) groups excluding carboxylic acids is 1. The summed E-state index contributed by atoms with van der Waals surface area (Å²) in [7, 11) is 0. The van der Waals surface area contributed by atoms with Gasteiger partial charge in [-0.25, -0.2) is 9.37 Å². The van der Waals surface area contributed by atoms with Crippen molar-refractivity contribution in [3.05, 3.63) is 63.7 Å². The van der Waals surface area contributed by atoms with Crippen molar-refractivity contribution in [1.82, 2.24) is 9.55 Å². The number of nitrogens with zero attached hydrogens (tertiary/aromatic N) is 2. The first-order valence-corrected chi connectivity index (χ1v) is 11.1. The summed E-state index contributed by atoms with van der Waals surface area (Å²) in [5.74, 6) is -0.768. The number of rotatable bonds is 5. The summed E-state index contributed by atoms with van der Waals surface area (Å²) in [5, 5.41) is 3.45. The van der Waals surface area contributed by atoms with Crippen LogP contribution in [0, 0.1) is 5.82 Å². The van der Waals surface area contributed by atoms with Crippen LogP contribution >= 0.6 is 23.4 Å². The van der Waals surface area contributed by atoms with Gasteiger partial charge in [0.15, 0.2) is 5.16 Å². The molecule has 1 aromatic heterocycles. The number of carbonyl (C=O) groups is 1. The van der Waals surface area contributed by atoms with Gasteiger partial charge in [-0.2, -0.15) is 0 Å². The molecule has 156 valence electrons. The number of anilines is 1. The summed E-state index contributed by atoms with van der Waals surface area (Å²) >= 11 is 7.26. The van der Waals surface area contributed by atoms with Crippen LogP contribution in [0.25, 0.3) is 10.9 Å². The van der Waals surface area contributed by atoms with Crippen LogP contribution in [0.5, 0.6) is 0 Å². The number of amides is 1. The van der Waals surface area contributed by atoms with Crippen LogP contribution in [0.4, 0.5) is 10.1 Å². The van der Waals surface area contributed by atoms with E-state index in [1.807, 2.05) is 18.2 Å². The van der Waals surface area contributed by atoms with Crippen molar-refractivity contribution < 1.29 is 9.18 Å². The van der Waals surface area contributed by atoms with Crippen LogP contribution in [0.1, 0.15) is 38.6 Å². The molecule has 1 saturated carbocycles. The van der Waals surface area contributed by atoms with E-state index in [1.165, 1.54) is 23.9 Å².